The number of esters is 1. The lowest BCUT2D eigenvalue weighted by atomic mass is 10.1. The maximum atomic E-state index is 13.1. The molecule has 13 heteroatoms. The zero-order valence-corrected chi connectivity index (χ0v) is 25.5. The number of hydrogen-bond donors (Lipinski definition) is 2. The maximum absolute atomic E-state index is 13.1. The standard InChI is InChI=1S/C32H34N8O5/c1-32(2,3)45-31(43)40-15-13-39(14-16-40)28-17-23(9-10-35-28)25-18-24(19-26(37-25)38-27-20-33-11-12-34-27)36-29(41)21-5-7-22(8-6-21)30(42)44-4/h5-12,17-20H,13-16H2,1-4H3,(H2,34,36,37,38,41). The van der Waals surface area contributed by atoms with E-state index in [1.54, 1.807) is 54.0 Å². The highest BCUT2D eigenvalue weighted by Gasteiger charge is 2.26. The predicted molar refractivity (Wildman–Crippen MR) is 169 cm³/mol. The summed E-state index contributed by atoms with van der Waals surface area (Å²) in [7, 11) is 1.30. The number of amides is 2. The molecule has 2 amide bonds. The Bertz CT molecular complexity index is 1670. The third-order valence-corrected chi connectivity index (χ3v) is 6.77. The van der Waals surface area contributed by atoms with Crippen molar-refractivity contribution in [3.05, 3.63) is 84.4 Å². The highest BCUT2D eigenvalue weighted by atomic mass is 16.6. The molecule has 4 aromatic rings. The van der Waals surface area contributed by atoms with Gasteiger partial charge in [-0.3, -0.25) is 9.78 Å². The number of benzene rings is 1. The van der Waals surface area contributed by atoms with Crippen LogP contribution in [-0.4, -0.2) is 81.7 Å². The predicted octanol–water partition coefficient (Wildman–Crippen LogP) is 4.77. The van der Waals surface area contributed by atoms with Gasteiger partial charge in [-0.15, -0.1) is 0 Å². The van der Waals surface area contributed by atoms with Crippen molar-refractivity contribution >= 4 is 41.1 Å². The fourth-order valence-electron chi connectivity index (χ4n) is 4.58. The molecule has 0 bridgehead atoms. The second-order valence-corrected chi connectivity index (χ2v) is 11.2. The van der Waals surface area contributed by atoms with Gasteiger partial charge < -0.3 is 29.9 Å². The average Bonchev–Trinajstić information content (AvgIpc) is 3.04. The number of nitrogens with one attached hydrogen (secondary N) is 2. The van der Waals surface area contributed by atoms with Crippen LogP contribution in [0, 0.1) is 0 Å². The summed E-state index contributed by atoms with van der Waals surface area (Å²) in [6, 6.07) is 13.4. The summed E-state index contributed by atoms with van der Waals surface area (Å²) in [5.41, 5.74) is 1.99. The fourth-order valence-corrected chi connectivity index (χ4v) is 4.58. The molecule has 0 unspecified atom stereocenters. The van der Waals surface area contributed by atoms with Gasteiger partial charge in [-0.25, -0.2) is 24.5 Å². The lowest BCUT2D eigenvalue weighted by Crippen LogP contribution is -2.50. The van der Waals surface area contributed by atoms with Crippen molar-refractivity contribution in [2.45, 2.75) is 26.4 Å². The van der Waals surface area contributed by atoms with Crippen LogP contribution in [0.2, 0.25) is 0 Å². The van der Waals surface area contributed by atoms with E-state index in [4.69, 9.17) is 14.5 Å². The summed E-state index contributed by atoms with van der Waals surface area (Å²) >= 11 is 0. The van der Waals surface area contributed by atoms with Gasteiger partial charge in [0.25, 0.3) is 5.91 Å². The Morgan fingerprint density at radius 3 is 2.24 bits per heavy atom. The number of pyridine rings is 2. The van der Waals surface area contributed by atoms with Crippen molar-refractivity contribution in [3.8, 4) is 11.3 Å². The molecular formula is C32H34N8O5. The van der Waals surface area contributed by atoms with Crippen molar-refractivity contribution in [3.63, 3.8) is 0 Å². The summed E-state index contributed by atoms with van der Waals surface area (Å²) in [5, 5.41) is 6.06. The molecule has 2 N–H and O–H groups in total. The van der Waals surface area contributed by atoms with Crippen molar-refractivity contribution in [2.24, 2.45) is 0 Å². The molecule has 1 aromatic carbocycles. The lowest BCUT2D eigenvalue weighted by Gasteiger charge is -2.36. The summed E-state index contributed by atoms with van der Waals surface area (Å²) in [6.07, 6.45) is 6.07. The molecule has 1 fully saturated rings. The van der Waals surface area contributed by atoms with E-state index in [1.165, 1.54) is 19.2 Å². The second-order valence-electron chi connectivity index (χ2n) is 11.2. The molecule has 1 saturated heterocycles. The monoisotopic (exact) mass is 610 g/mol. The van der Waals surface area contributed by atoms with Crippen LogP contribution in [0.15, 0.2) is 73.3 Å². The largest absolute Gasteiger partial charge is 0.465 e. The van der Waals surface area contributed by atoms with Gasteiger partial charge in [-0.1, -0.05) is 0 Å². The minimum atomic E-state index is -0.555. The van der Waals surface area contributed by atoms with E-state index in [2.05, 4.69) is 30.5 Å². The van der Waals surface area contributed by atoms with Gasteiger partial charge in [0, 0.05) is 67.7 Å². The molecule has 0 atom stereocenters. The summed E-state index contributed by atoms with van der Waals surface area (Å²) < 4.78 is 10.3. The molecule has 45 heavy (non-hydrogen) atoms. The van der Waals surface area contributed by atoms with Crippen molar-refractivity contribution < 1.29 is 23.9 Å². The van der Waals surface area contributed by atoms with E-state index in [9.17, 15) is 14.4 Å². The van der Waals surface area contributed by atoms with Crippen LogP contribution < -0.4 is 15.5 Å². The van der Waals surface area contributed by atoms with Gasteiger partial charge in [-0.05, 0) is 63.2 Å². The molecule has 0 radical (unpaired) electrons. The van der Waals surface area contributed by atoms with Crippen LogP contribution in [0.5, 0.6) is 0 Å². The Balaban J connectivity index is 1.37. The fraction of sp³-hybridized carbons (Fsp3) is 0.281. The Morgan fingerprint density at radius 2 is 1.58 bits per heavy atom. The number of anilines is 4. The molecule has 3 aromatic heterocycles. The number of carbonyl (C=O) groups is 3. The zero-order chi connectivity index (χ0) is 32.0. The minimum absolute atomic E-state index is 0.325. The zero-order valence-electron chi connectivity index (χ0n) is 25.5. The third-order valence-electron chi connectivity index (χ3n) is 6.77. The van der Waals surface area contributed by atoms with E-state index < -0.39 is 11.6 Å². The van der Waals surface area contributed by atoms with Gasteiger partial charge >= 0.3 is 12.1 Å². The van der Waals surface area contributed by atoms with Gasteiger partial charge in [0.1, 0.15) is 23.1 Å². The number of nitrogens with zero attached hydrogens (tertiary/aromatic N) is 6. The molecule has 0 aliphatic carbocycles. The number of rotatable bonds is 7. The molecule has 1 aliphatic rings. The third kappa shape index (κ3) is 8.07. The number of hydrogen-bond acceptors (Lipinski definition) is 11. The Hall–Kier alpha value is -5.59. The molecule has 4 heterocycles. The Morgan fingerprint density at radius 1 is 0.844 bits per heavy atom. The van der Waals surface area contributed by atoms with Crippen LogP contribution in [-0.2, 0) is 9.47 Å². The first-order chi connectivity index (χ1) is 21.6. The van der Waals surface area contributed by atoms with E-state index in [-0.39, 0.29) is 12.0 Å². The van der Waals surface area contributed by atoms with Gasteiger partial charge in [0.2, 0.25) is 0 Å². The second kappa shape index (κ2) is 13.4. The first kappa shape index (κ1) is 30.9. The number of ether oxygens (including phenoxy) is 2. The van der Waals surface area contributed by atoms with Crippen LogP contribution in [0.3, 0.4) is 0 Å². The van der Waals surface area contributed by atoms with E-state index in [0.717, 1.165) is 11.4 Å². The van der Waals surface area contributed by atoms with E-state index >= 15 is 0 Å². The highest BCUT2D eigenvalue weighted by Crippen LogP contribution is 2.28. The summed E-state index contributed by atoms with van der Waals surface area (Å²) in [6.45, 7) is 7.75. The van der Waals surface area contributed by atoms with Gasteiger partial charge in [0.05, 0.1) is 24.6 Å². The van der Waals surface area contributed by atoms with E-state index in [1.807, 2.05) is 32.9 Å². The first-order valence-electron chi connectivity index (χ1n) is 14.3. The highest BCUT2D eigenvalue weighted by molar-refractivity contribution is 6.05. The Labute approximate surface area is 260 Å². The topological polar surface area (TPSA) is 152 Å². The molecule has 0 spiro atoms. The number of methoxy groups -OCH3 is 1. The molecule has 0 saturated carbocycles. The van der Waals surface area contributed by atoms with Crippen molar-refractivity contribution in [1.82, 2.24) is 24.8 Å². The number of carbonyl (C=O) groups excluding carboxylic acids is 3. The van der Waals surface area contributed by atoms with Crippen LogP contribution in [0.4, 0.5) is 27.9 Å². The molecule has 13 nitrogen and oxygen atoms in total. The Kier molecular flexibility index (Phi) is 9.17. The summed E-state index contributed by atoms with van der Waals surface area (Å²) in [4.78, 5) is 59.0. The quantitative estimate of drug-likeness (QED) is 0.278. The lowest BCUT2D eigenvalue weighted by molar-refractivity contribution is 0.0240. The molecule has 5 rings (SSSR count). The molecular weight excluding hydrogens is 576 g/mol. The van der Waals surface area contributed by atoms with Gasteiger partial charge in [0.15, 0.2) is 0 Å². The SMILES string of the molecule is COC(=O)c1ccc(C(=O)Nc2cc(Nc3cnccn3)nc(-c3ccnc(N4CCN(C(=O)OC(C)(C)C)CC4)c3)c2)cc1. The smallest absolute Gasteiger partial charge is 0.410 e. The molecule has 1 aliphatic heterocycles. The van der Waals surface area contributed by atoms with Crippen molar-refractivity contribution in [2.75, 3.05) is 48.8 Å². The average molecular weight is 611 g/mol. The maximum Gasteiger partial charge on any atom is 0.410 e. The minimum Gasteiger partial charge on any atom is -0.465 e. The first-order valence-corrected chi connectivity index (χ1v) is 14.3. The number of piperazine rings is 1. The van der Waals surface area contributed by atoms with Crippen LogP contribution in [0.1, 0.15) is 41.5 Å². The van der Waals surface area contributed by atoms with Crippen LogP contribution >= 0.6 is 0 Å². The van der Waals surface area contributed by atoms with Crippen molar-refractivity contribution in [1.29, 1.82) is 0 Å². The summed E-state index contributed by atoms with van der Waals surface area (Å²) in [5.74, 6) is 0.806. The normalized spacial score (nSPS) is 13.2. The molecule has 232 valence electrons. The van der Waals surface area contributed by atoms with E-state index in [0.29, 0.717) is 60.3 Å². The van der Waals surface area contributed by atoms with Crippen LogP contribution in [0.25, 0.3) is 11.3 Å². The number of aromatic nitrogens is 4. The van der Waals surface area contributed by atoms with Gasteiger partial charge in [-0.2, -0.15) is 0 Å².